The number of carboxylic acids is 1. The van der Waals surface area contributed by atoms with Gasteiger partial charge in [0, 0.05) is 6.08 Å². The average Bonchev–Trinajstić information content (AvgIpc) is 2.64. The van der Waals surface area contributed by atoms with Gasteiger partial charge in [0.25, 0.3) is 0 Å². The first-order chi connectivity index (χ1) is 12.6. The first-order valence-corrected chi connectivity index (χ1v) is 8.75. The minimum atomic E-state index is -1.00. The minimum Gasteiger partial charge on any atom is -0.493 e. The molecule has 0 atom stereocenters. The van der Waals surface area contributed by atoms with Crippen LogP contribution in [0.15, 0.2) is 65.1 Å². The van der Waals surface area contributed by atoms with E-state index in [1.54, 1.807) is 19.2 Å². The lowest BCUT2D eigenvalue weighted by Gasteiger charge is -2.14. The van der Waals surface area contributed by atoms with E-state index >= 15 is 0 Å². The second-order valence-electron chi connectivity index (χ2n) is 5.68. The highest BCUT2D eigenvalue weighted by Gasteiger charge is 2.11. The molecule has 0 aliphatic heterocycles. The molecule has 0 saturated heterocycles. The van der Waals surface area contributed by atoms with Gasteiger partial charge in [-0.25, -0.2) is 4.79 Å². The molecule has 0 bridgehead atoms. The molecule has 26 heavy (non-hydrogen) atoms. The van der Waals surface area contributed by atoms with Crippen molar-refractivity contribution >= 4 is 38.7 Å². The number of rotatable bonds is 6. The number of ether oxygens (including phenoxy) is 2. The Hall–Kier alpha value is -2.79. The summed E-state index contributed by atoms with van der Waals surface area (Å²) >= 11 is 3.47. The quantitative estimate of drug-likeness (QED) is 0.558. The average molecular weight is 413 g/mol. The van der Waals surface area contributed by atoms with Crippen LogP contribution < -0.4 is 9.47 Å². The number of hydrogen-bond acceptors (Lipinski definition) is 3. The molecule has 3 aromatic carbocycles. The first-order valence-electron chi connectivity index (χ1n) is 7.96. The smallest absolute Gasteiger partial charge is 0.328 e. The Balaban J connectivity index is 1.82. The van der Waals surface area contributed by atoms with Crippen LogP contribution in [0, 0.1) is 0 Å². The van der Waals surface area contributed by atoms with Gasteiger partial charge < -0.3 is 14.6 Å². The number of hydrogen-bond donors (Lipinski definition) is 1. The van der Waals surface area contributed by atoms with Crippen LogP contribution >= 0.6 is 15.9 Å². The van der Waals surface area contributed by atoms with Crippen molar-refractivity contribution in [2.45, 2.75) is 6.61 Å². The number of methoxy groups -OCH3 is 1. The van der Waals surface area contributed by atoms with E-state index in [1.165, 1.54) is 11.5 Å². The molecule has 1 N–H and O–H groups in total. The molecular weight excluding hydrogens is 396 g/mol. The third kappa shape index (κ3) is 4.24. The largest absolute Gasteiger partial charge is 0.493 e. The van der Waals surface area contributed by atoms with Crippen molar-refractivity contribution in [2.24, 2.45) is 0 Å². The molecule has 0 aliphatic rings. The zero-order valence-electron chi connectivity index (χ0n) is 14.1. The molecule has 0 amide bonds. The zero-order valence-corrected chi connectivity index (χ0v) is 15.7. The molecule has 3 aromatic rings. The standard InChI is InChI=1S/C21H17BrO4/c1-25-19-12-14(7-9-20(23)24)11-18(22)21(19)26-13-15-6-8-16-4-2-3-5-17(16)10-15/h2-12H,13H2,1H3,(H,23,24)/b9-7+. The van der Waals surface area contributed by atoms with Gasteiger partial charge in [0.2, 0.25) is 0 Å². The van der Waals surface area contributed by atoms with E-state index in [9.17, 15) is 4.79 Å². The Bertz CT molecular complexity index is 979. The third-order valence-corrected chi connectivity index (χ3v) is 4.46. The number of benzene rings is 3. The fraction of sp³-hybridized carbons (Fsp3) is 0.0952. The first kappa shape index (κ1) is 18.0. The van der Waals surface area contributed by atoms with Gasteiger partial charge in [-0.05, 0) is 62.1 Å². The summed E-state index contributed by atoms with van der Waals surface area (Å²) in [5.74, 6) is 0.107. The number of fused-ring (bicyclic) bond motifs is 1. The Morgan fingerprint density at radius 1 is 1.12 bits per heavy atom. The summed E-state index contributed by atoms with van der Waals surface area (Å²) in [6.07, 6.45) is 2.58. The summed E-state index contributed by atoms with van der Waals surface area (Å²) in [5.41, 5.74) is 1.75. The van der Waals surface area contributed by atoms with E-state index in [4.69, 9.17) is 14.6 Å². The van der Waals surface area contributed by atoms with Crippen molar-refractivity contribution in [3.8, 4) is 11.5 Å². The molecule has 0 aromatic heterocycles. The highest BCUT2D eigenvalue weighted by molar-refractivity contribution is 9.10. The van der Waals surface area contributed by atoms with E-state index in [0.29, 0.717) is 28.1 Å². The van der Waals surface area contributed by atoms with Crippen LogP contribution in [-0.4, -0.2) is 18.2 Å². The molecule has 4 nitrogen and oxygen atoms in total. The van der Waals surface area contributed by atoms with Crippen LogP contribution in [0.3, 0.4) is 0 Å². The number of aliphatic carboxylic acids is 1. The molecule has 0 fully saturated rings. The van der Waals surface area contributed by atoms with E-state index in [1.807, 2.05) is 18.2 Å². The molecule has 5 heteroatoms. The summed E-state index contributed by atoms with van der Waals surface area (Å²) in [4.78, 5) is 10.7. The number of carbonyl (C=O) groups is 1. The summed E-state index contributed by atoms with van der Waals surface area (Å²) in [6, 6.07) is 17.9. The van der Waals surface area contributed by atoms with Crippen LogP contribution in [0.25, 0.3) is 16.8 Å². The highest BCUT2D eigenvalue weighted by Crippen LogP contribution is 2.37. The fourth-order valence-electron chi connectivity index (χ4n) is 2.63. The van der Waals surface area contributed by atoms with Crippen molar-refractivity contribution in [3.63, 3.8) is 0 Å². The van der Waals surface area contributed by atoms with Gasteiger partial charge in [-0.2, -0.15) is 0 Å². The molecule has 0 heterocycles. The van der Waals surface area contributed by atoms with Crippen molar-refractivity contribution in [3.05, 3.63) is 76.3 Å². The molecule has 132 valence electrons. The predicted octanol–water partition coefficient (Wildman–Crippen LogP) is 5.29. The third-order valence-electron chi connectivity index (χ3n) is 3.87. The van der Waals surface area contributed by atoms with Crippen molar-refractivity contribution in [2.75, 3.05) is 7.11 Å². The maximum Gasteiger partial charge on any atom is 0.328 e. The van der Waals surface area contributed by atoms with Gasteiger partial charge in [0.05, 0.1) is 11.6 Å². The fourth-order valence-corrected chi connectivity index (χ4v) is 3.20. The van der Waals surface area contributed by atoms with E-state index in [2.05, 4.69) is 40.2 Å². The van der Waals surface area contributed by atoms with E-state index < -0.39 is 5.97 Å². The Labute approximate surface area is 159 Å². The van der Waals surface area contributed by atoms with Crippen LogP contribution in [0.4, 0.5) is 0 Å². The zero-order chi connectivity index (χ0) is 18.5. The molecule has 0 unspecified atom stereocenters. The highest BCUT2D eigenvalue weighted by atomic mass is 79.9. The maximum atomic E-state index is 10.7. The van der Waals surface area contributed by atoms with Crippen LogP contribution in [0.2, 0.25) is 0 Å². The van der Waals surface area contributed by atoms with Crippen LogP contribution in [0.1, 0.15) is 11.1 Å². The van der Waals surface area contributed by atoms with Gasteiger partial charge in [-0.1, -0.05) is 36.4 Å². The summed E-state index contributed by atoms with van der Waals surface area (Å²) < 4.78 is 12.1. The lowest BCUT2D eigenvalue weighted by atomic mass is 10.1. The van der Waals surface area contributed by atoms with E-state index in [-0.39, 0.29) is 0 Å². The lowest BCUT2D eigenvalue weighted by molar-refractivity contribution is -0.131. The summed E-state index contributed by atoms with van der Waals surface area (Å²) in [7, 11) is 1.55. The predicted molar refractivity (Wildman–Crippen MR) is 106 cm³/mol. The normalized spacial score (nSPS) is 11.0. The van der Waals surface area contributed by atoms with Gasteiger partial charge >= 0.3 is 5.97 Å². The topological polar surface area (TPSA) is 55.8 Å². The molecule has 0 radical (unpaired) electrons. The molecule has 0 saturated carbocycles. The van der Waals surface area contributed by atoms with Gasteiger partial charge in [-0.15, -0.1) is 0 Å². The van der Waals surface area contributed by atoms with Gasteiger partial charge in [0.1, 0.15) is 6.61 Å². The Kier molecular flexibility index (Phi) is 5.58. The molecule has 0 aliphatic carbocycles. The SMILES string of the molecule is COc1cc(/C=C/C(=O)O)cc(Br)c1OCc1ccc2ccccc2c1. The number of halogens is 1. The molecule has 0 spiro atoms. The van der Waals surface area contributed by atoms with Crippen LogP contribution in [-0.2, 0) is 11.4 Å². The van der Waals surface area contributed by atoms with Gasteiger partial charge in [0.15, 0.2) is 11.5 Å². The van der Waals surface area contributed by atoms with Crippen molar-refractivity contribution in [1.82, 2.24) is 0 Å². The second-order valence-corrected chi connectivity index (χ2v) is 6.53. The summed E-state index contributed by atoms with van der Waals surface area (Å²) in [6.45, 7) is 0.393. The Morgan fingerprint density at radius 2 is 1.88 bits per heavy atom. The summed E-state index contributed by atoms with van der Waals surface area (Å²) in [5, 5.41) is 11.1. The van der Waals surface area contributed by atoms with Gasteiger partial charge in [-0.3, -0.25) is 0 Å². The monoisotopic (exact) mass is 412 g/mol. The number of carboxylic acid groups (broad SMARTS) is 1. The maximum absolute atomic E-state index is 10.7. The van der Waals surface area contributed by atoms with E-state index in [0.717, 1.165) is 17.0 Å². The van der Waals surface area contributed by atoms with Crippen LogP contribution in [0.5, 0.6) is 11.5 Å². The van der Waals surface area contributed by atoms with Crippen molar-refractivity contribution in [1.29, 1.82) is 0 Å². The molecular formula is C21H17BrO4. The minimum absolute atomic E-state index is 0.393. The molecule has 3 rings (SSSR count). The second kappa shape index (κ2) is 8.06. The Morgan fingerprint density at radius 3 is 2.62 bits per heavy atom. The van der Waals surface area contributed by atoms with Crippen molar-refractivity contribution < 1.29 is 19.4 Å². The lowest BCUT2D eigenvalue weighted by Crippen LogP contribution is -1.99.